The van der Waals surface area contributed by atoms with E-state index in [1.807, 2.05) is 84.9 Å². The number of carboxylic acid groups (broad SMARTS) is 2. The molecule has 5 aromatic rings. The molecule has 0 radical (unpaired) electrons. The van der Waals surface area contributed by atoms with Crippen molar-refractivity contribution in [1.29, 1.82) is 0 Å². The van der Waals surface area contributed by atoms with Gasteiger partial charge in [0.05, 0.1) is 11.1 Å². The summed E-state index contributed by atoms with van der Waals surface area (Å²) in [7, 11) is 0. The standard InChI is InChI=1S/C32H18O4/c33-31(34)25-15-13-19(27-21-5-1-3-7-23(21)29(25)27)17-9-11-18(12-10-17)20-14-16-26(32(35)36)30-24-8-4-2-6-22(24)28(20)30/h1-16H,(H,33,34)(H,35,36). The van der Waals surface area contributed by atoms with E-state index >= 15 is 0 Å². The predicted molar refractivity (Wildman–Crippen MR) is 140 cm³/mol. The van der Waals surface area contributed by atoms with Crippen LogP contribution in [-0.4, -0.2) is 22.2 Å². The molecular formula is C32H18O4. The molecular weight excluding hydrogens is 448 g/mol. The Bertz CT molecular complexity index is 1650. The van der Waals surface area contributed by atoms with Gasteiger partial charge in [0, 0.05) is 11.1 Å². The summed E-state index contributed by atoms with van der Waals surface area (Å²) in [5.41, 5.74) is 12.3. The Labute approximate surface area is 206 Å². The number of fused-ring (bicyclic) bond motifs is 8. The van der Waals surface area contributed by atoms with Gasteiger partial charge in [0.25, 0.3) is 0 Å². The summed E-state index contributed by atoms with van der Waals surface area (Å²) in [5, 5.41) is 19.4. The van der Waals surface area contributed by atoms with Crippen molar-refractivity contribution in [3.8, 4) is 66.8 Å². The third-order valence-corrected chi connectivity index (χ3v) is 7.31. The van der Waals surface area contributed by atoms with Gasteiger partial charge in [0.15, 0.2) is 0 Å². The number of hydrogen-bond donors (Lipinski definition) is 2. The lowest BCUT2D eigenvalue weighted by Crippen LogP contribution is -2.09. The van der Waals surface area contributed by atoms with Crippen LogP contribution in [0.3, 0.4) is 0 Å². The van der Waals surface area contributed by atoms with Crippen molar-refractivity contribution in [2.45, 2.75) is 0 Å². The van der Waals surface area contributed by atoms with Gasteiger partial charge in [-0.05, 0) is 67.8 Å². The third-order valence-electron chi connectivity index (χ3n) is 7.31. The lowest BCUT2D eigenvalue weighted by atomic mass is 9.73. The molecule has 0 aromatic heterocycles. The Hall–Kier alpha value is -4.96. The zero-order chi connectivity index (χ0) is 24.6. The van der Waals surface area contributed by atoms with E-state index in [2.05, 4.69) is 0 Å². The lowest BCUT2D eigenvalue weighted by molar-refractivity contribution is 0.0687. The molecule has 0 bridgehead atoms. The second kappa shape index (κ2) is 7.27. The minimum absolute atomic E-state index is 0.320. The first kappa shape index (κ1) is 20.4. The van der Waals surface area contributed by atoms with Crippen LogP contribution in [0, 0.1) is 0 Å². The largest absolute Gasteiger partial charge is 0.478 e. The fraction of sp³-hybridized carbons (Fsp3) is 0. The van der Waals surface area contributed by atoms with Crippen molar-refractivity contribution in [1.82, 2.24) is 0 Å². The fourth-order valence-corrected chi connectivity index (χ4v) is 5.70. The molecule has 0 saturated carbocycles. The van der Waals surface area contributed by atoms with Gasteiger partial charge in [-0.1, -0.05) is 84.9 Å². The second-order valence-electron chi connectivity index (χ2n) is 9.10. The molecule has 0 heterocycles. The molecule has 0 spiro atoms. The Morgan fingerprint density at radius 3 is 1.06 bits per heavy atom. The summed E-state index contributed by atoms with van der Waals surface area (Å²) in [4.78, 5) is 23.7. The lowest BCUT2D eigenvalue weighted by Gasteiger charge is -2.29. The van der Waals surface area contributed by atoms with Gasteiger partial charge in [0.2, 0.25) is 0 Å². The number of aromatic carboxylic acids is 2. The summed E-state index contributed by atoms with van der Waals surface area (Å²) in [6.45, 7) is 0. The smallest absolute Gasteiger partial charge is 0.336 e. The number of carbonyl (C=O) groups is 2. The highest BCUT2D eigenvalue weighted by Crippen LogP contribution is 2.55. The molecule has 0 amide bonds. The summed E-state index contributed by atoms with van der Waals surface area (Å²) in [6.07, 6.45) is 0. The monoisotopic (exact) mass is 466 g/mol. The van der Waals surface area contributed by atoms with Gasteiger partial charge in [-0.15, -0.1) is 0 Å². The first-order valence-electron chi connectivity index (χ1n) is 11.7. The highest BCUT2D eigenvalue weighted by Gasteiger charge is 2.32. The Morgan fingerprint density at radius 1 is 0.389 bits per heavy atom. The molecule has 0 saturated heterocycles. The summed E-state index contributed by atoms with van der Waals surface area (Å²) in [5.74, 6) is -1.85. The number of rotatable bonds is 4. The van der Waals surface area contributed by atoms with Crippen LogP contribution in [0.4, 0.5) is 0 Å². The van der Waals surface area contributed by atoms with E-state index in [0.29, 0.717) is 11.1 Å². The van der Waals surface area contributed by atoms with Crippen molar-refractivity contribution in [3.05, 3.63) is 108 Å². The SMILES string of the molecule is O=C(O)c1ccc(-c2ccc(-c3ccc(C(=O)O)c4c3-c3ccccc3-4)cc2)c2c1-c1ccccc1-2. The number of carboxylic acids is 2. The third kappa shape index (κ3) is 2.64. The fourth-order valence-electron chi connectivity index (χ4n) is 5.70. The Morgan fingerprint density at radius 2 is 0.722 bits per heavy atom. The maximum Gasteiger partial charge on any atom is 0.336 e. The summed E-state index contributed by atoms with van der Waals surface area (Å²) >= 11 is 0. The molecule has 7 rings (SSSR count). The molecule has 5 aromatic carbocycles. The predicted octanol–water partition coefficient (Wildman–Crippen LogP) is 7.71. The average Bonchev–Trinajstić information content (AvgIpc) is 2.88. The molecule has 0 fully saturated rings. The van der Waals surface area contributed by atoms with Crippen LogP contribution in [0.25, 0.3) is 66.8 Å². The Kier molecular flexibility index (Phi) is 4.12. The summed E-state index contributed by atoms with van der Waals surface area (Å²) < 4.78 is 0. The maximum absolute atomic E-state index is 11.8. The number of benzene rings is 5. The highest BCUT2D eigenvalue weighted by atomic mass is 16.4. The molecule has 4 nitrogen and oxygen atoms in total. The van der Waals surface area contributed by atoms with Gasteiger partial charge in [0.1, 0.15) is 0 Å². The van der Waals surface area contributed by atoms with E-state index in [-0.39, 0.29) is 0 Å². The zero-order valence-corrected chi connectivity index (χ0v) is 18.9. The second-order valence-corrected chi connectivity index (χ2v) is 9.10. The maximum atomic E-state index is 11.8. The number of hydrogen-bond acceptors (Lipinski definition) is 2. The normalized spacial score (nSPS) is 11.8. The Balaban J connectivity index is 1.34. The van der Waals surface area contributed by atoms with Crippen molar-refractivity contribution >= 4 is 11.9 Å². The molecule has 2 N–H and O–H groups in total. The van der Waals surface area contributed by atoms with Crippen LogP contribution in [0.2, 0.25) is 0 Å². The van der Waals surface area contributed by atoms with E-state index in [1.165, 1.54) is 0 Å². The van der Waals surface area contributed by atoms with Crippen molar-refractivity contribution in [2.75, 3.05) is 0 Å². The molecule has 36 heavy (non-hydrogen) atoms. The first-order chi connectivity index (χ1) is 17.5. The van der Waals surface area contributed by atoms with Crippen LogP contribution in [0.1, 0.15) is 20.7 Å². The zero-order valence-electron chi connectivity index (χ0n) is 18.9. The van der Waals surface area contributed by atoms with Crippen LogP contribution in [-0.2, 0) is 0 Å². The minimum Gasteiger partial charge on any atom is -0.478 e. The molecule has 2 aliphatic rings. The molecule has 4 heteroatoms. The van der Waals surface area contributed by atoms with Gasteiger partial charge in [-0.2, -0.15) is 0 Å². The van der Waals surface area contributed by atoms with E-state index in [4.69, 9.17) is 0 Å². The van der Waals surface area contributed by atoms with Crippen molar-refractivity contribution in [2.24, 2.45) is 0 Å². The first-order valence-corrected chi connectivity index (χ1v) is 11.7. The van der Waals surface area contributed by atoms with Crippen LogP contribution in [0.5, 0.6) is 0 Å². The van der Waals surface area contributed by atoms with Gasteiger partial charge >= 0.3 is 11.9 Å². The molecule has 0 aliphatic heterocycles. The molecule has 2 aliphatic carbocycles. The van der Waals surface area contributed by atoms with E-state index in [0.717, 1.165) is 66.8 Å². The van der Waals surface area contributed by atoms with Gasteiger partial charge in [-0.3, -0.25) is 0 Å². The average molecular weight is 466 g/mol. The van der Waals surface area contributed by atoms with E-state index < -0.39 is 11.9 Å². The van der Waals surface area contributed by atoms with E-state index in [1.54, 1.807) is 12.1 Å². The van der Waals surface area contributed by atoms with Crippen molar-refractivity contribution in [3.63, 3.8) is 0 Å². The molecule has 0 unspecified atom stereocenters. The minimum atomic E-state index is -0.925. The van der Waals surface area contributed by atoms with Gasteiger partial charge < -0.3 is 10.2 Å². The van der Waals surface area contributed by atoms with E-state index in [9.17, 15) is 19.8 Å². The highest BCUT2D eigenvalue weighted by molar-refractivity contribution is 6.16. The summed E-state index contributed by atoms with van der Waals surface area (Å²) in [6, 6.07) is 31.1. The van der Waals surface area contributed by atoms with Crippen LogP contribution < -0.4 is 0 Å². The molecule has 0 atom stereocenters. The van der Waals surface area contributed by atoms with Crippen LogP contribution in [0.15, 0.2) is 97.1 Å². The van der Waals surface area contributed by atoms with Gasteiger partial charge in [-0.25, -0.2) is 9.59 Å². The molecule has 170 valence electrons. The van der Waals surface area contributed by atoms with Crippen molar-refractivity contribution < 1.29 is 19.8 Å². The quantitative estimate of drug-likeness (QED) is 0.279. The topological polar surface area (TPSA) is 74.6 Å². The van der Waals surface area contributed by atoms with Crippen LogP contribution >= 0.6 is 0 Å².